The summed E-state index contributed by atoms with van der Waals surface area (Å²) in [5.74, 6) is -0.458. The lowest BCUT2D eigenvalue weighted by molar-refractivity contribution is 0.0705. The van der Waals surface area contributed by atoms with Gasteiger partial charge in [0.1, 0.15) is 5.82 Å². The van der Waals surface area contributed by atoms with E-state index in [0.29, 0.717) is 23.0 Å². The molecule has 0 bridgehead atoms. The smallest absolute Gasteiger partial charge is 0.277 e. The van der Waals surface area contributed by atoms with Crippen molar-refractivity contribution < 1.29 is 18.4 Å². The lowest BCUT2D eigenvalue weighted by atomic mass is 10.1. The van der Waals surface area contributed by atoms with Gasteiger partial charge in [-0.1, -0.05) is 29.3 Å². The largest absolute Gasteiger partial charge is 0.381 e. The molecule has 15 heteroatoms. The first-order valence-electron chi connectivity index (χ1n) is 12.3. The number of anilines is 3. The number of amides is 1. The molecule has 5 N–H and O–H groups in total. The van der Waals surface area contributed by atoms with E-state index < -0.39 is 15.9 Å². The summed E-state index contributed by atoms with van der Waals surface area (Å²) in [5.41, 5.74) is 6.27. The van der Waals surface area contributed by atoms with Crippen LogP contribution in [0, 0.1) is 0 Å². The normalized spacial score (nSPS) is 11.4. The second-order valence-corrected chi connectivity index (χ2v) is 11.8. The Kier molecular flexibility index (Phi) is 8.18. The van der Waals surface area contributed by atoms with Crippen LogP contribution in [0.25, 0.3) is 22.4 Å². The minimum atomic E-state index is -4.08. The van der Waals surface area contributed by atoms with Gasteiger partial charge >= 0.3 is 0 Å². The van der Waals surface area contributed by atoms with E-state index in [1.54, 1.807) is 12.1 Å². The third-order valence-corrected chi connectivity index (χ3v) is 8.27. The van der Waals surface area contributed by atoms with Crippen molar-refractivity contribution in [1.82, 2.24) is 25.4 Å². The molecule has 5 rings (SSSR count). The number of aromatic amines is 1. The summed E-state index contributed by atoms with van der Waals surface area (Å²) in [5, 5.41) is 12.7. The van der Waals surface area contributed by atoms with Crippen LogP contribution in [0.2, 0.25) is 10.0 Å². The van der Waals surface area contributed by atoms with Gasteiger partial charge in [-0.05, 0) is 54.1 Å². The van der Waals surface area contributed by atoms with Crippen LogP contribution in [0.3, 0.4) is 0 Å². The fourth-order valence-corrected chi connectivity index (χ4v) is 5.50. The first kappa shape index (κ1) is 29.1. The quantitative estimate of drug-likeness (QED) is 0.113. The van der Waals surface area contributed by atoms with Crippen molar-refractivity contribution in [2.24, 2.45) is 0 Å². The summed E-state index contributed by atoms with van der Waals surface area (Å²) in [6.45, 7) is 0.303. The minimum absolute atomic E-state index is 0.0515. The standard InChI is InChI=1S/C27H24Cl2N8O4S/c1-37(2)18-5-8-23-24(10-18)34-25(33-23)20-9-17(4-7-21(20)28)30-12-15-3-6-19(11-22(15)29)42(40,41)36-27-31-13-16(14-32-27)26(38)35-39/h3-11,13-14,30,39H,12H2,1-2H3,(H,33,34)(H,35,38)(H,31,32,36). The predicted octanol–water partition coefficient (Wildman–Crippen LogP) is 4.92. The van der Waals surface area contributed by atoms with E-state index in [1.165, 1.54) is 17.6 Å². The molecule has 0 aliphatic heterocycles. The summed E-state index contributed by atoms with van der Waals surface area (Å²) >= 11 is 12.9. The molecule has 1 amide bonds. The molecule has 0 radical (unpaired) electrons. The number of fused-ring (bicyclic) bond motifs is 1. The Balaban J connectivity index is 1.29. The van der Waals surface area contributed by atoms with E-state index >= 15 is 0 Å². The van der Waals surface area contributed by atoms with Crippen molar-refractivity contribution in [2.45, 2.75) is 11.4 Å². The molecule has 0 spiro atoms. The number of benzene rings is 3. The zero-order valence-electron chi connectivity index (χ0n) is 22.2. The number of carbonyl (C=O) groups excluding carboxylic acids is 1. The maximum atomic E-state index is 12.8. The van der Waals surface area contributed by atoms with Crippen LogP contribution in [-0.2, 0) is 16.6 Å². The number of aromatic nitrogens is 4. The van der Waals surface area contributed by atoms with Gasteiger partial charge in [-0.25, -0.2) is 33.6 Å². The van der Waals surface area contributed by atoms with Crippen molar-refractivity contribution in [3.05, 3.63) is 88.2 Å². The molecular weight excluding hydrogens is 603 g/mol. The third kappa shape index (κ3) is 6.24. The molecule has 0 fully saturated rings. The van der Waals surface area contributed by atoms with Crippen molar-refractivity contribution >= 4 is 67.5 Å². The molecular formula is C27H24Cl2N8O4S. The van der Waals surface area contributed by atoms with Crippen LogP contribution in [-0.4, -0.2) is 53.6 Å². The number of sulfonamides is 1. The van der Waals surface area contributed by atoms with E-state index in [1.807, 2.05) is 49.3 Å². The van der Waals surface area contributed by atoms with Gasteiger partial charge in [0.2, 0.25) is 5.95 Å². The molecule has 12 nitrogen and oxygen atoms in total. The van der Waals surface area contributed by atoms with E-state index in [9.17, 15) is 13.2 Å². The molecule has 2 aromatic heterocycles. The van der Waals surface area contributed by atoms with Crippen LogP contribution in [0.4, 0.5) is 17.3 Å². The van der Waals surface area contributed by atoms with Crippen LogP contribution < -0.4 is 20.4 Å². The average molecular weight is 628 g/mol. The van der Waals surface area contributed by atoms with Gasteiger partial charge in [-0.15, -0.1) is 0 Å². The zero-order chi connectivity index (χ0) is 30.0. The molecule has 0 aliphatic carbocycles. The van der Waals surface area contributed by atoms with Crippen molar-refractivity contribution in [1.29, 1.82) is 0 Å². The zero-order valence-corrected chi connectivity index (χ0v) is 24.5. The van der Waals surface area contributed by atoms with Gasteiger partial charge in [-0.2, -0.15) is 0 Å². The Bertz CT molecular complexity index is 1900. The molecule has 42 heavy (non-hydrogen) atoms. The van der Waals surface area contributed by atoms with Crippen molar-refractivity contribution in [3.63, 3.8) is 0 Å². The molecule has 3 aromatic carbocycles. The first-order chi connectivity index (χ1) is 20.0. The molecule has 216 valence electrons. The van der Waals surface area contributed by atoms with Gasteiger partial charge in [0, 0.05) is 55.0 Å². The predicted molar refractivity (Wildman–Crippen MR) is 162 cm³/mol. The summed E-state index contributed by atoms with van der Waals surface area (Å²) in [6.07, 6.45) is 2.13. The Morgan fingerprint density at radius 1 is 1.00 bits per heavy atom. The van der Waals surface area contributed by atoms with Crippen LogP contribution in [0.1, 0.15) is 15.9 Å². The third-order valence-electron chi connectivity index (χ3n) is 6.26. The summed E-state index contributed by atoms with van der Waals surface area (Å²) in [7, 11) is -0.133. The number of imidazole rings is 1. The van der Waals surface area contributed by atoms with Crippen LogP contribution in [0.5, 0.6) is 0 Å². The van der Waals surface area contributed by atoms with E-state index in [0.717, 1.165) is 40.4 Å². The van der Waals surface area contributed by atoms with Gasteiger partial charge in [0.15, 0.2) is 0 Å². The van der Waals surface area contributed by atoms with Crippen molar-refractivity contribution in [2.75, 3.05) is 29.0 Å². The number of halogens is 2. The first-order valence-corrected chi connectivity index (χ1v) is 14.6. The molecule has 5 aromatic rings. The molecule has 0 aliphatic rings. The van der Waals surface area contributed by atoms with Crippen molar-refractivity contribution in [3.8, 4) is 11.4 Å². The number of nitrogens with zero attached hydrogens (tertiary/aromatic N) is 4. The molecule has 0 saturated carbocycles. The number of hydroxylamine groups is 1. The molecule has 0 unspecified atom stereocenters. The van der Waals surface area contributed by atoms with Gasteiger partial charge < -0.3 is 15.2 Å². The van der Waals surface area contributed by atoms with Gasteiger partial charge in [-0.3, -0.25) is 10.0 Å². The topological polar surface area (TPSA) is 165 Å². The Hall–Kier alpha value is -4.43. The Morgan fingerprint density at radius 3 is 2.45 bits per heavy atom. The lowest BCUT2D eigenvalue weighted by Crippen LogP contribution is -2.20. The second kappa shape index (κ2) is 11.8. The van der Waals surface area contributed by atoms with E-state index in [-0.39, 0.29) is 21.4 Å². The van der Waals surface area contributed by atoms with Gasteiger partial charge in [0.25, 0.3) is 15.9 Å². The molecule has 0 atom stereocenters. The number of nitrogens with one attached hydrogen (secondary N) is 4. The molecule has 0 saturated heterocycles. The maximum Gasteiger partial charge on any atom is 0.277 e. The Labute approximate surface area is 250 Å². The number of carbonyl (C=O) groups is 1. The maximum absolute atomic E-state index is 12.8. The molecule has 2 heterocycles. The number of rotatable bonds is 9. The van der Waals surface area contributed by atoms with Crippen LogP contribution >= 0.6 is 23.2 Å². The number of hydrogen-bond acceptors (Lipinski definition) is 9. The highest BCUT2D eigenvalue weighted by molar-refractivity contribution is 7.92. The van der Waals surface area contributed by atoms with Gasteiger partial charge in [0.05, 0.1) is 26.5 Å². The highest BCUT2D eigenvalue weighted by atomic mass is 35.5. The average Bonchev–Trinajstić information content (AvgIpc) is 3.40. The minimum Gasteiger partial charge on any atom is -0.381 e. The summed E-state index contributed by atoms with van der Waals surface area (Å²) < 4.78 is 27.9. The second-order valence-electron chi connectivity index (χ2n) is 9.32. The fraction of sp³-hybridized carbons (Fsp3) is 0.111. The number of hydrogen-bond donors (Lipinski definition) is 5. The fourth-order valence-electron chi connectivity index (χ4n) is 4.00. The summed E-state index contributed by atoms with van der Waals surface area (Å²) in [6, 6.07) is 15.7. The lowest BCUT2D eigenvalue weighted by Gasteiger charge is -2.12. The van der Waals surface area contributed by atoms with E-state index in [2.05, 4.69) is 30.0 Å². The SMILES string of the molecule is CN(C)c1ccc2nc(-c3cc(NCc4ccc(S(=O)(=O)Nc5ncc(C(=O)NO)cn5)cc4Cl)ccc3Cl)[nH]c2c1. The van der Waals surface area contributed by atoms with Crippen LogP contribution in [0.15, 0.2) is 71.9 Å². The highest BCUT2D eigenvalue weighted by Crippen LogP contribution is 2.32. The monoisotopic (exact) mass is 626 g/mol. The number of H-pyrrole nitrogens is 1. The Morgan fingerprint density at radius 2 is 1.76 bits per heavy atom. The summed E-state index contributed by atoms with van der Waals surface area (Å²) in [4.78, 5) is 28.9. The van der Waals surface area contributed by atoms with E-state index in [4.69, 9.17) is 28.4 Å². The highest BCUT2D eigenvalue weighted by Gasteiger charge is 2.18.